The molecule has 0 saturated carbocycles. The first-order chi connectivity index (χ1) is 6.63. The van der Waals surface area contributed by atoms with Crippen LogP contribution in [0.3, 0.4) is 0 Å². The Bertz CT molecular complexity index is 263. The van der Waals surface area contributed by atoms with Gasteiger partial charge in [0.25, 0.3) is 0 Å². The van der Waals surface area contributed by atoms with E-state index in [9.17, 15) is 0 Å². The van der Waals surface area contributed by atoms with E-state index in [0.29, 0.717) is 6.10 Å². The van der Waals surface area contributed by atoms with Gasteiger partial charge in [-0.2, -0.15) is 0 Å². The van der Waals surface area contributed by atoms with Crippen molar-refractivity contribution in [2.24, 2.45) is 0 Å². The third-order valence-electron chi connectivity index (χ3n) is 2.56. The third kappa shape index (κ3) is 3.15. The van der Waals surface area contributed by atoms with Gasteiger partial charge in [-0.15, -0.1) is 0 Å². The summed E-state index contributed by atoms with van der Waals surface area (Å²) >= 11 is 0. The lowest BCUT2D eigenvalue weighted by Crippen LogP contribution is -2.10. The SMILES string of the molecule is CCC(C)OC(C)c1ccc(C)cc1. The highest BCUT2D eigenvalue weighted by Crippen LogP contribution is 2.19. The molecular weight excluding hydrogens is 172 g/mol. The summed E-state index contributed by atoms with van der Waals surface area (Å²) in [6.07, 6.45) is 1.60. The van der Waals surface area contributed by atoms with Crippen molar-refractivity contribution in [3.05, 3.63) is 35.4 Å². The molecule has 0 fully saturated rings. The largest absolute Gasteiger partial charge is 0.371 e. The Labute approximate surface area is 87.1 Å². The summed E-state index contributed by atoms with van der Waals surface area (Å²) in [4.78, 5) is 0. The Balaban J connectivity index is 2.60. The first kappa shape index (κ1) is 11.3. The molecule has 0 aliphatic heterocycles. The molecule has 1 nitrogen and oxygen atoms in total. The van der Waals surface area contributed by atoms with Crippen LogP contribution < -0.4 is 0 Å². The molecule has 78 valence electrons. The van der Waals surface area contributed by atoms with Gasteiger partial charge in [0.15, 0.2) is 0 Å². The molecule has 0 N–H and O–H groups in total. The molecule has 0 radical (unpaired) electrons. The van der Waals surface area contributed by atoms with Crippen LogP contribution in [0.5, 0.6) is 0 Å². The van der Waals surface area contributed by atoms with Gasteiger partial charge in [0, 0.05) is 0 Å². The molecule has 0 saturated heterocycles. The predicted molar refractivity (Wildman–Crippen MR) is 60.4 cm³/mol. The van der Waals surface area contributed by atoms with Crippen molar-refractivity contribution < 1.29 is 4.74 Å². The second kappa shape index (κ2) is 5.16. The van der Waals surface area contributed by atoms with Gasteiger partial charge in [0.2, 0.25) is 0 Å². The fourth-order valence-electron chi connectivity index (χ4n) is 1.36. The minimum atomic E-state index is 0.200. The number of aryl methyl sites for hydroxylation is 1. The summed E-state index contributed by atoms with van der Waals surface area (Å²) in [6.45, 7) is 8.47. The van der Waals surface area contributed by atoms with Crippen LogP contribution in [0.4, 0.5) is 0 Å². The van der Waals surface area contributed by atoms with Gasteiger partial charge in [-0.3, -0.25) is 0 Å². The summed E-state index contributed by atoms with van der Waals surface area (Å²) in [5, 5.41) is 0. The van der Waals surface area contributed by atoms with Gasteiger partial charge < -0.3 is 4.74 Å². The highest BCUT2D eigenvalue weighted by atomic mass is 16.5. The van der Waals surface area contributed by atoms with E-state index >= 15 is 0 Å². The fraction of sp³-hybridized carbons (Fsp3) is 0.538. The number of rotatable bonds is 4. The van der Waals surface area contributed by atoms with Crippen molar-refractivity contribution in [2.75, 3.05) is 0 Å². The maximum atomic E-state index is 5.83. The Morgan fingerprint density at radius 1 is 1.14 bits per heavy atom. The molecule has 0 amide bonds. The van der Waals surface area contributed by atoms with E-state index in [1.807, 2.05) is 0 Å². The Hall–Kier alpha value is -0.820. The van der Waals surface area contributed by atoms with E-state index in [0.717, 1.165) is 6.42 Å². The fourth-order valence-corrected chi connectivity index (χ4v) is 1.36. The maximum Gasteiger partial charge on any atom is 0.0800 e. The molecule has 1 aromatic rings. The van der Waals surface area contributed by atoms with E-state index < -0.39 is 0 Å². The van der Waals surface area contributed by atoms with Crippen molar-refractivity contribution in [1.29, 1.82) is 0 Å². The monoisotopic (exact) mass is 192 g/mol. The average molecular weight is 192 g/mol. The van der Waals surface area contributed by atoms with Crippen LogP contribution in [0, 0.1) is 6.92 Å². The molecule has 1 rings (SSSR count). The molecular formula is C13H20O. The first-order valence-corrected chi connectivity index (χ1v) is 5.35. The van der Waals surface area contributed by atoms with Crippen molar-refractivity contribution in [2.45, 2.75) is 46.3 Å². The third-order valence-corrected chi connectivity index (χ3v) is 2.56. The van der Waals surface area contributed by atoms with Crippen LogP contribution in [-0.4, -0.2) is 6.10 Å². The normalized spacial score (nSPS) is 15.1. The average Bonchev–Trinajstić information content (AvgIpc) is 2.18. The van der Waals surface area contributed by atoms with E-state index in [1.165, 1.54) is 11.1 Å². The minimum absolute atomic E-state index is 0.200. The molecule has 1 aromatic carbocycles. The van der Waals surface area contributed by atoms with E-state index in [1.54, 1.807) is 0 Å². The summed E-state index contributed by atoms with van der Waals surface area (Å²) in [5.74, 6) is 0. The van der Waals surface area contributed by atoms with Crippen molar-refractivity contribution in [1.82, 2.24) is 0 Å². The zero-order valence-corrected chi connectivity index (χ0v) is 9.58. The predicted octanol–water partition coefficient (Wildman–Crippen LogP) is 3.87. The van der Waals surface area contributed by atoms with Crippen molar-refractivity contribution in [3.8, 4) is 0 Å². The molecule has 1 heteroatoms. The van der Waals surface area contributed by atoms with Crippen LogP contribution in [0.15, 0.2) is 24.3 Å². The summed E-state index contributed by atoms with van der Waals surface area (Å²) in [6, 6.07) is 8.54. The highest BCUT2D eigenvalue weighted by molar-refractivity contribution is 5.22. The second-order valence-corrected chi connectivity index (χ2v) is 3.91. The Kier molecular flexibility index (Phi) is 4.15. The standard InChI is InChI=1S/C13H20O/c1-5-11(3)14-12(4)13-8-6-10(2)7-9-13/h6-9,11-12H,5H2,1-4H3. The molecule has 0 aliphatic rings. The Morgan fingerprint density at radius 2 is 1.71 bits per heavy atom. The maximum absolute atomic E-state index is 5.83. The molecule has 2 unspecified atom stereocenters. The number of ether oxygens (including phenoxy) is 1. The van der Waals surface area contributed by atoms with Crippen molar-refractivity contribution >= 4 is 0 Å². The minimum Gasteiger partial charge on any atom is -0.371 e. The molecule has 0 bridgehead atoms. The number of hydrogen-bond acceptors (Lipinski definition) is 1. The van der Waals surface area contributed by atoms with Gasteiger partial charge in [-0.1, -0.05) is 36.8 Å². The molecule has 0 heterocycles. The van der Waals surface area contributed by atoms with Crippen LogP contribution in [-0.2, 0) is 4.74 Å². The Morgan fingerprint density at radius 3 is 2.21 bits per heavy atom. The van der Waals surface area contributed by atoms with Gasteiger partial charge in [-0.25, -0.2) is 0 Å². The van der Waals surface area contributed by atoms with Gasteiger partial charge >= 0.3 is 0 Å². The van der Waals surface area contributed by atoms with Crippen molar-refractivity contribution in [3.63, 3.8) is 0 Å². The van der Waals surface area contributed by atoms with E-state index in [-0.39, 0.29) is 6.10 Å². The lowest BCUT2D eigenvalue weighted by molar-refractivity contribution is 0.00547. The molecule has 0 spiro atoms. The lowest BCUT2D eigenvalue weighted by atomic mass is 10.1. The van der Waals surface area contributed by atoms with Crippen LogP contribution in [0.1, 0.15) is 44.4 Å². The number of benzene rings is 1. The van der Waals surface area contributed by atoms with Crippen LogP contribution >= 0.6 is 0 Å². The molecule has 14 heavy (non-hydrogen) atoms. The van der Waals surface area contributed by atoms with Gasteiger partial charge in [-0.05, 0) is 32.8 Å². The van der Waals surface area contributed by atoms with Crippen LogP contribution in [0.2, 0.25) is 0 Å². The smallest absolute Gasteiger partial charge is 0.0800 e. The quantitative estimate of drug-likeness (QED) is 0.703. The zero-order valence-electron chi connectivity index (χ0n) is 9.58. The summed E-state index contributed by atoms with van der Waals surface area (Å²) in [5.41, 5.74) is 2.56. The lowest BCUT2D eigenvalue weighted by Gasteiger charge is -2.18. The molecule has 0 aliphatic carbocycles. The van der Waals surface area contributed by atoms with Gasteiger partial charge in [0.05, 0.1) is 12.2 Å². The first-order valence-electron chi connectivity index (χ1n) is 5.35. The topological polar surface area (TPSA) is 9.23 Å². The van der Waals surface area contributed by atoms with E-state index in [4.69, 9.17) is 4.74 Å². The van der Waals surface area contributed by atoms with Gasteiger partial charge in [0.1, 0.15) is 0 Å². The van der Waals surface area contributed by atoms with E-state index in [2.05, 4.69) is 52.0 Å². The van der Waals surface area contributed by atoms with Crippen LogP contribution in [0.25, 0.3) is 0 Å². The second-order valence-electron chi connectivity index (χ2n) is 3.91. The summed E-state index contributed by atoms with van der Waals surface area (Å²) < 4.78 is 5.83. The summed E-state index contributed by atoms with van der Waals surface area (Å²) in [7, 11) is 0. The molecule has 0 aromatic heterocycles. The highest BCUT2D eigenvalue weighted by Gasteiger charge is 2.08. The molecule has 2 atom stereocenters. The number of hydrogen-bond donors (Lipinski definition) is 0. The zero-order chi connectivity index (χ0) is 10.6.